The van der Waals surface area contributed by atoms with E-state index in [-0.39, 0.29) is 0 Å². The summed E-state index contributed by atoms with van der Waals surface area (Å²) in [6.07, 6.45) is 2.97. The fraction of sp³-hybridized carbons (Fsp3) is 0.333. The summed E-state index contributed by atoms with van der Waals surface area (Å²) in [4.78, 5) is 4.33. The molecule has 0 amide bonds. The normalized spacial score (nSPS) is 22.3. The third-order valence-corrected chi connectivity index (χ3v) is 4.37. The third kappa shape index (κ3) is 2.47. The van der Waals surface area contributed by atoms with Gasteiger partial charge in [-0.3, -0.25) is 0 Å². The van der Waals surface area contributed by atoms with E-state index in [2.05, 4.69) is 18.0 Å². The van der Waals surface area contributed by atoms with Crippen molar-refractivity contribution in [3.05, 3.63) is 39.7 Å². The van der Waals surface area contributed by atoms with E-state index in [0.717, 1.165) is 28.1 Å². The highest BCUT2D eigenvalue weighted by atomic mass is 32.1. The predicted octanol–water partition coefficient (Wildman–Crippen LogP) is 4.23. The van der Waals surface area contributed by atoms with Crippen LogP contribution in [-0.4, -0.2) is 4.98 Å². The van der Waals surface area contributed by atoms with Crippen LogP contribution in [0.25, 0.3) is 11.6 Å². The summed E-state index contributed by atoms with van der Waals surface area (Å²) in [6, 6.07) is 6.14. The minimum absolute atomic E-state index is 0.558. The highest BCUT2D eigenvalue weighted by Crippen LogP contribution is 2.47. The molecule has 0 N–H and O–H groups in total. The second-order valence-electron chi connectivity index (χ2n) is 5.02. The summed E-state index contributed by atoms with van der Waals surface area (Å²) >= 11 is 1.48. The van der Waals surface area contributed by atoms with Crippen LogP contribution in [0.4, 0.5) is 0 Å². The monoisotopic (exact) mass is 270 g/mol. The molecule has 3 rings (SSSR count). The van der Waals surface area contributed by atoms with Gasteiger partial charge in [-0.2, -0.15) is 5.26 Å². The zero-order valence-electron chi connectivity index (χ0n) is 10.9. The van der Waals surface area contributed by atoms with Crippen LogP contribution in [0.3, 0.4) is 0 Å². The number of aryl methyl sites for hydroxylation is 1. The van der Waals surface area contributed by atoms with Crippen molar-refractivity contribution in [3.8, 4) is 6.07 Å². The molecule has 0 saturated heterocycles. The minimum Gasteiger partial charge on any atom is -0.461 e. The smallest absolute Gasteiger partial charge is 0.134 e. The second-order valence-corrected chi connectivity index (χ2v) is 5.88. The zero-order chi connectivity index (χ0) is 13.4. The molecule has 0 aromatic carbocycles. The molecule has 1 aliphatic rings. The van der Waals surface area contributed by atoms with E-state index in [4.69, 9.17) is 4.42 Å². The standard InChI is InChI=1S/C15H14N2OS/c1-9-5-13(9)14-4-3-12(18-14)6-11(7-16)15-17-10(2)8-19-15/h3-4,6,8-9,13H,5H2,1-2H3/b11-6+. The van der Waals surface area contributed by atoms with E-state index in [0.29, 0.717) is 11.5 Å². The lowest BCUT2D eigenvalue weighted by molar-refractivity contribution is 0.498. The highest BCUT2D eigenvalue weighted by molar-refractivity contribution is 7.11. The lowest BCUT2D eigenvalue weighted by atomic mass is 10.2. The van der Waals surface area contributed by atoms with Crippen molar-refractivity contribution in [2.45, 2.75) is 26.2 Å². The van der Waals surface area contributed by atoms with Gasteiger partial charge in [-0.15, -0.1) is 11.3 Å². The topological polar surface area (TPSA) is 49.8 Å². The molecule has 0 spiro atoms. The average Bonchev–Trinajstić information content (AvgIpc) is 2.82. The van der Waals surface area contributed by atoms with E-state index in [1.165, 1.54) is 17.8 Å². The van der Waals surface area contributed by atoms with Gasteiger partial charge < -0.3 is 4.42 Å². The predicted molar refractivity (Wildman–Crippen MR) is 75.6 cm³/mol. The fourth-order valence-electron chi connectivity index (χ4n) is 2.13. The van der Waals surface area contributed by atoms with Gasteiger partial charge >= 0.3 is 0 Å². The summed E-state index contributed by atoms with van der Waals surface area (Å²) in [7, 11) is 0. The number of nitrogens with zero attached hydrogens (tertiary/aromatic N) is 2. The van der Waals surface area contributed by atoms with Crippen LogP contribution in [-0.2, 0) is 0 Å². The van der Waals surface area contributed by atoms with Crippen LogP contribution in [0.5, 0.6) is 0 Å². The van der Waals surface area contributed by atoms with Gasteiger partial charge in [-0.1, -0.05) is 6.92 Å². The largest absolute Gasteiger partial charge is 0.461 e. The summed E-state index contributed by atoms with van der Waals surface area (Å²) < 4.78 is 5.79. The van der Waals surface area contributed by atoms with Crippen molar-refractivity contribution >= 4 is 23.0 Å². The Morgan fingerprint density at radius 2 is 2.37 bits per heavy atom. The quantitative estimate of drug-likeness (QED) is 0.784. The van der Waals surface area contributed by atoms with Gasteiger partial charge in [0.25, 0.3) is 0 Å². The molecular formula is C15H14N2OS. The Bertz CT molecular complexity index is 674. The molecule has 1 aliphatic carbocycles. The van der Waals surface area contributed by atoms with Crippen molar-refractivity contribution < 1.29 is 4.42 Å². The number of nitriles is 1. The first kappa shape index (κ1) is 12.2. The molecule has 4 heteroatoms. The van der Waals surface area contributed by atoms with Crippen LogP contribution in [0.15, 0.2) is 21.9 Å². The van der Waals surface area contributed by atoms with Crippen LogP contribution >= 0.6 is 11.3 Å². The third-order valence-electron chi connectivity index (χ3n) is 3.38. The average molecular weight is 270 g/mol. The van der Waals surface area contributed by atoms with Crippen molar-refractivity contribution in [3.63, 3.8) is 0 Å². The lowest BCUT2D eigenvalue weighted by Gasteiger charge is -1.93. The first-order valence-corrected chi connectivity index (χ1v) is 7.19. The number of hydrogen-bond acceptors (Lipinski definition) is 4. The van der Waals surface area contributed by atoms with Gasteiger partial charge in [-0.05, 0) is 31.4 Å². The van der Waals surface area contributed by atoms with E-state index in [1.54, 1.807) is 6.08 Å². The van der Waals surface area contributed by atoms with Gasteiger partial charge in [0.05, 0.1) is 5.57 Å². The Balaban J connectivity index is 1.87. The Morgan fingerprint density at radius 1 is 1.58 bits per heavy atom. The van der Waals surface area contributed by atoms with Crippen LogP contribution in [0.2, 0.25) is 0 Å². The minimum atomic E-state index is 0.558. The molecule has 0 radical (unpaired) electrons. The van der Waals surface area contributed by atoms with E-state index in [9.17, 15) is 5.26 Å². The number of furan rings is 1. The van der Waals surface area contributed by atoms with Gasteiger partial charge in [0.1, 0.15) is 22.6 Å². The second kappa shape index (κ2) is 4.67. The summed E-state index contributed by atoms with van der Waals surface area (Å²) in [6.45, 7) is 4.15. The van der Waals surface area contributed by atoms with Crippen molar-refractivity contribution in [2.75, 3.05) is 0 Å². The molecule has 1 fully saturated rings. The maximum Gasteiger partial charge on any atom is 0.134 e. The first-order valence-electron chi connectivity index (χ1n) is 6.31. The maximum atomic E-state index is 9.23. The summed E-state index contributed by atoms with van der Waals surface area (Å²) in [5.41, 5.74) is 1.50. The first-order chi connectivity index (χ1) is 9.17. The van der Waals surface area contributed by atoms with Gasteiger partial charge in [0.15, 0.2) is 0 Å². The van der Waals surface area contributed by atoms with E-state index < -0.39 is 0 Å². The number of rotatable bonds is 3. The van der Waals surface area contributed by atoms with Crippen molar-refractivity contribution in [1.29, 1.82) is 5.26 Å². The lowest BCUT2D eigenvalue weighted by Crippen LogP contribution is -1.80. The van der Waals surface area contributed by atoms with Crippen LogP contribution in [0, 0.1) is 24.2 Å². The molecule has 2 aromatic rings. The molecule has 0 bridgehead atoms. The molecule has 2 heterocycles. The molecule has 1 saturated carbocycles. The number of hydrogen-bond donors (Lipinski definition) is 0. The maximum absolute atomic E-state index is 9.23. The molecule has 2 aromatic heterocycles. The van der Waals surface area contributed by atoms with Gasteiger partial charge in [-0.25, -0.2) is 4.98 Å². The van der Waals surface area contributed by atoms with Crippen LogP contribution in [0.1, 0.15) is 41.5 Å². The number of thiazole rings is 1. The molecule has 3 nitrogen and oxygen atoms in total. The SMILES string of the molecule is Cc1csc(/C(C#N)=C/c2ccc(C3CC3C)o2)n1. The molecule has 2 atom stereocenters. The molecule has 0 aliphatic heterocycles. The van der Waals surface area contributed by atoms with Crippen LogP contribution < -0.4 is 0 Å². The zero-order valence-corrected chi connectivity index (χ0v) is 11.7. The Morgan fingerprint density at radius 3 is 2.95 bits per heavy atom. The van der Waals surface area contributed by atoms with Gasteiger partial charge in [0, 0.05) is 23.1 Å². The Labute approximate surface area is 116 Å². The Hall–Kier alpha value is -1.86. The fourth-order valence-corrected chi connectivity index (χ4v) is 2.89. The molecular weight excluding hydrogens is 256 g/mol. The molecule has 19 heavy (non-hydrogen) atoms. The van der Waals surface area contributed by atoms with Gasteiger partial charge in [0.2, 0.25) is 0 Å². The van der Waals surface area contributed by atoms with Crippen molar-refractivity contribution in [1.82, 2.24) is 4.98 Å². The Kier molecular flexibility index (Phi) is 3.00. The molecule has 96 valence electrons. The molecule has 2 unspecified atom stereocenters. The highest BCUT2D eigenvalue weighted by Gasteiger charge is 2.36. The number of aromatic nitrogens is 1. The summed E-state index contributed by atoms with van der Waals surface area (Å²) in [5, 5.41) is 11.9. The van der Waals surface area contributed by atoms with E-state index in [1.807, 2.05) is 24.4 Å². The summed E-state index contributed by atoms with van der Waals surface area (Å²) in [5.74, 6) is 3.06. The van der Waals surface area contributed by atoms with Crippen molar-refractivity contribution in [2.24, 2.45) is 5.92 Å². The number of allylic oxidation sites excluding steroid dienone is 1. The van der Waals surface area contributed by atoms with E-state index >= 15 is 0 Å².